The van der Waals surface area contributed by atoms with Crippen LogP contribution in [-0.2, 0) is 4.74 Å². The normalized spacial score (nSPS) is 17.9. The summed E-state index contributed by atoms with van der Waals surface area (Å²) in [6.07, 6.45) is -10.7. The summed E-state index contributed by atoms with van der Waals surface area (Å²) in [4.78, 5) is 0. The highest BCUT2D eigenvalue weighted by atomic mass is 19.4. The Labute approximate surface area is 106 Å². The molecule has 0 N–H and O–H groups in total. The highest BCUT2D eigenvalue weighted by Gasteiger charge is 2.64. The molecule has 0 aliphatic rings. The van der Waals surface area contributed by atoms with Gasteiger partial charge in [-0.3, -0.25) is 0 Å². The lowest BCUT2D eigenvalue weighted by Gasteiger charge is -2.30. The standard InChI is InChI=1S/C11H15F7O/c1-4-7(2)5-19-6-9(12,11(16,17)18)8(3)10(13,14)15/h7H,3-6H2,1-2H3. The fraction of sp³-hybridized carbons (Fsp3) is 0.818. The maximum atomic E-state index is 13.7. The Balaban J connectivity index is 4.97. The monoisotopic (exact) mass is 296 g/mol. The molecule has 114 valence electrons. The van der Waals surface area contributed by atoms with E-state index in [4.69, 9.17) is 0 Å². The Morgan fingerprint density at radius 2 is 1.58 bits per heavy atom. The molecule has 0 fully saturated rings. The first kappa shape index (κ1) is 18.2. The molecular formula is C11H15F7O. The van der Waals surface area contributed by atoms with Gasteiger partial charge in [0.2, 0.25) is 0 Å². The number of halogens is 7. The molecule has 0 aliphatic carbocycles. The van der Waals surface area contributed by atoms with E-state index >= 15 is 0 Å². The topological polar surface area (TPSA) is 9.23 Å². The fourth-order valence-electron chi connectivity index (χ4n) is 1.08. The van der Waals surface area contributed by atoms with Gasteiger partial charge >= 0.3 is 12.4 Å². The molecule has 0 aromatic heterocycles. The highest BCUT2D eigenvalue weighted by Crippen LogP contribution is 2.45. The molecule has 1 nitrogen and oxygen atoms in total. The van der Waals surface area contributed by atoms with E-state index < -0.39 is 30.2 Å². The summed E-state index contributed by atoms with van der Waals surface area (Å²) in [5.41, 5.74) is -7.13. The van der Waals surface area contributed by atoms with Crippen LogP contribution in [0.2, 0.25) is 0 Å². The summed E-state index contributed by atoms with van der Waals surface area (Å²) in [5.74, 6) is -0.184. The first-order chi connectivity index (χ1) is 8.36. The first-order valence-electron chi connectivity index (χ1n) is 5.46. The maximum absolute atomic E-state index is 13.7. The summed E-state index contributed by atoms with van der Waals surface area (Å²) >= 11 is 0. The van der Waals surface area contributed by atoms with E-state index in [-0.39, 0.29) is 12.5 Å². The van der Waals surface area contributed by atoms with Gasteiger partial charge in [-0.1, -0.05) is 26.8 Å². The first-order valence-corrected chi connectivity index (χ1v) is 5.46. The summed E-state index contributed by atoms with van der Waals surface area (Å²) < 4.78 is 92.2. The Kier molecular flexibility index (Phi) is 5.85. The lowest BCUT2D eigenvalue weighted by Crippen LogP contribution is -2.50. The van der Waals surface area contributed by atoms with Crippen molar-refractivity contribution in [3.63, 3.8) is 0 Å². The zero-order valence-corrected chi connectivity index (χ0v) is 10.5. The van der Waals surface area contributed by atoms with Crippen LogP contribution in [0.3, 0.4) is 0 Å². The van der Waals surface area contributed by atoms with Crippen LogP contribution in [0.15, 0.2) is 12.2 Å². The third-order valence-electron chi connectivity index (χ3n) is 2.67. The second-order valence-electron chi connectivity index (χ2n) is 4.30. The molecule has 0 aromatic rings. The van der Waals surface area contributed by atoms with E-state index in [2.05, 4.69) is 11.3 Å². The highest BCUT2D eigenvalue weighted by molar-refractivity contribution is 5.22. The molecular weight excluding hydrogens is 281 g/mol. The SMILES string of the molecule is C=C(C(F)(F)F)C(F)(COCC(C)CC)C(F)(F)F. The summed E-state index contributed by atoms with van der Waals surface area (Å²) in [7, 11) is 0. The lowest BCUT2D eigenvalue weighted by atomic mass is 9.96. The Morgan fingerprint density at radius 3 is 1.89 bits per heavy atom. The average molecular weight is 296 g/mol. The van der Waals surface area contributed by atoms with E-state index in [0.29, 0.717) is 6.42 Å². The number of hydrogen-bond donors (Lipinski definition) is 0. The molecule has 0 bridgehead atoms. The molecule has 0 saturated heterocycles. The Bertz CT molecular complexity index is 307. The van der Waals surface area contributed by atoms with Gasteiger partial charge in [-0.15, -0.1) is 0 Å². The smallest absolute Gasteiger partial charge is 0.377 e. The molecule has 0 heterocycles. The molecule has 0 aliphatic heterocycles. The number of alkyl halides is 7. The van der Waals surface area contributed by atoms with Gasteiger partial charge in [-0.05, 0) is 5.92 Å². The van der Waals surface area contributed by atoms with Crippen LogP contribution in [0.25, 0.3) is 0 Å². The van der Waals surface area contributed by atoms with E-state index in [9.17, 15) is 30.7 Å². The van der Waals surface area contributed by atoms with Crippen molar-refractivity contribution in [1.82, 2.24) is 0 Å². The number of ether oxygens (including phenoxy) is 1. The molecule has 0 amide bonds. The van der Waals surface area contributed by atoms with Crippen LogP contribution in [0.4, 0.5) is 30.7 Å². The van der Waals surface area contributed by atoms with E-state index in [1.165, 1.54) is 0 Å². The van der Waals surface area contributed by atoms with Crippen molar-refractivity contribution in [2.75, 3.05) is 13.2 Å². The minimum absolute atomic E-state index is 0.184. The van der Waals surface area contributed by atoms with Gasteiger partial charge in [-0.2, -0.15) is 26.3 Å². The molecule has 0 aromatic carbocycles. The lowest BCUT2D eigenvalue weighted by molar-refractivity contribution is -0.248. The summed E-state index contributed by atoms with van der Waals surface area (Å²) in [6, 6.07) is 0. The van der Waals surface area contributed by atoms with Gasteiger partial charge in [0.1, 0.15) is 0 Å². The van der Waals surface area contributed by atoms with Crippen LogP contribution in [0.5, 0.6) is 0 Å². The second kappa shape index (κ2) is 6.11. The van der Waals surface area contributed by atoms with Crippen molar-refractivity contribution in [3.8, 4) is 0 Å². The molecule has 19 heavy (non-hydrogen) atoms. The molecule has 0 spiro atoms. The second-order valence-corrected chi connectivity index (χ2v) is 4.30. The van der Waals surface area contributed by atoms with Crippen LogP contribution >= 0.6 is 0 Å². The molecule has 2 atom stereocenters. The zero-order chi connectivity index (χ0) is 15.5. The average Bonchev–Trinajstić information content (AvgIpc) is 2.24. The van der Waals surface area contributed by atoms with Crippen LogP contribution < -0.4 is 0 Å². The minimum atomic E-state index is -5.74. The minimum Gasteiger partial charge on any atom is -0.377 e. The number of rotatable bonds is 6. The third-order valence-corrected chi connectivity index (χ3v) is 2.67. The Hall–Kier alpha value is -0.790. The molecule has 0 rings (SSSR count). The number of hydrogen-bond acceptors (Lipinski definition) is 1. The van der Waals surface area contributed by atoms with Gasteiger partial charge in [0.15, 0.2) is 0 Å². The van der Waals surface area contributed by atoms with E-state index in [1.807, 2.05) is 0 Å². The van der Waals surface area contributed by atoms with Gasteiger partial charge in [0.05, 0.1) is 12.2 Å². The molecule has 0 radical (unpaired) electrons. The third kappa shape index (κ3) is 4.67. The van der Waals surface area contributed by atoms with Crippen molar-refractivity contribution in [1.29, 1.82) is 0 Å². The summed E-state index contributed by atoms with van der Waals surface area (Å²) in [6.45, 7) is 3.51. The molecule has 0 saturated carbocycles. The van der Waals surface area contributed by atoms with Gasteiger partial charge in [-0.25, -0.2) is 4.39 Å². The van der Waals surface area contributed by atoms with Crippen molar-refractivity contribution in [3.05, 3.63) is 12.2 Å². The maximum Gasteiger partial charge on any atom is 0.429 e. The van der Waals surface area contributed by atoms with Crippen molar-refractivity contribution in [2.45, 2.75) is 38.3 Å². The Morgan fingerprint density at radius 1 is 1.11 bits per heavy atom. The molecule has 8 heteroatoms. The van der Waals surface area contributed by atoms with Crippen LogP contribution in [0.1, 0.15) is 20.3 Å². The fourth-order valence-corrected chi connectivity index (χ4v) is 1.08. The van der Waals surface area contributed by atoms with Gasteiger partial charge in [0, 0.05) is 6.61 Å². The van der Waals surface area contributed by atoms with Crippen molar-refractivity contribution < 1.29 is 35.5 Å². The van der Waals surface area contributed by atoms with E-state index in [1.54, 1.807) is 13.8 Å². The zero-order valence-electron chi connectivity index (χ0n) is 10.5. The van der Waals surface area contributed by atoms with Crippen LogP contribution in [0, 0.1) is 5.92 Å². The van der Waals surface area contributed by atoms with E-state index in [0.717, 1.165) is 0 Å². The quantitative estimate of drug-likeness (QED) is 0.520. The van der Waals surface area contributed by atoms with Gasteiger partial charge < -0.3 is 4.74 Å². The van der Waals surface area contributed by atoms with Crippen LogP contribution in [-0.4, -0.2) is 31.2 Å². The largest absolute Gasteiger partial charge is 0.429 e. The predicted molar refractivity (Wildman–Crippen MR) is 55.4 cm³/mol. The molecule has 2 unspecified atom stereocenters. The van der Waals surface area contributed by atoms with Crippen molar-refractivity contribution in [2.24, 2.45) is 5.92 Å². The van der Waals surface area contributed by atoms with Gasteiger partial charge in [0.25, 0.3) is 5.67 Å². The van der Waals surface area contributed by atoms with Crippen molar-refractivity contribution >= 4 is 0 Å². The summed E-state index contributed by atoms with van der Waals surface area (Å²) in [5, 5.41) is 0. The predicted octanol–water partition coefficient (Wildman–Crippen LogP) is 4.44.